The van der Waals surface area contributed by atoms with Crippen molar-refractivity contribution in [2.75, 3.05) is 0 Å². The number of hydrogen-bond acceptors (Lipinski definition) is 8. The van der Waals surface area contributed by atoms with Gasteiger partial charge in [0.25, 0.3) is 16.7 Å². The van der Waals surface area contributed by atoms with Gasteiger partial charge in [-0.15, -0.1) is 10.2 Å². The second-order valence-electron chi connectivity index (χ2n) is 7.31. The molecule has 31 heavy (non-hydrogen) atoms. The third-order valence-corrected chi connectivity index (χ3v) is 6.06. The summed E-state index contributed by atoms with van der Waals surface area (Å²) in [4.78, 5) is 24.9. The summed E-state index contributed by atoms with van der Waals surface area (Å²) in [6.07, 6.45) is 0.462. The molecule has 0 bridgehead atoms. The number of nitrogens with zero attached hydrogens (tertiary/aromatic N) is 4. The van der Waals surface area contributed by atoms with E-state index >= 15 is 0 Å². The Hall–Kier alpha value is -3.46. The van der Waals surface area contributed by atoms with E-state index in [1.807, 2.05) is 49.4 Å². The lowest BCUT2D eigenvalue weighted by molar-refractivity contribution is -0.140. The van der Waals surface area contributed by atoms with E-state index in [1.165, 1.54) is 16.4 Å². The number of thioether (sulfide) groups is 1. The zero-order valence-electron chi connectivity index (χ0n) is 16.6. The van der Waals surface area contributed by atoms with Crippen molar-refractivity contribution in [1.29, 1.82) is 0 Å². The van der Waals surface area contributed by atoms with Crippen molar-refractivity contribution in [1.82, 2.24) is 20.0 Å². The van der Waals surface area contributed by atoms with Crippen LogP contribution in [0.3, 0.4) is 0 Å². The molecule has 0 unspecified atom stereocenters. The number of fused-ring (bicyclic) bond motifs is 1. The molecule has 8 nitrogen and oxygen atoms in total. The van der Waals surface area contributed by atoms with E-state index in [0.717, 1.165) is 5.56 Å². The van der Waals surface area contributed by atoms with Gasteiger partial charge in [-0.05, 0) is 30.3 Å². The van der Waals surface area contributed by atoms with Crippen LogP contribution in [0.5, 0.6) is 0 Å². The Morgan fingerprint density at radius 1 is 1.03 bits per heavy atom. The molecule has 1 saturated heterocycles. The molecule has 0 saturated carbocycles. The molecular formula is C22H18N4O4S. The lowest BCUT2D eigenvalue weighted by atomic mass is 10.1. The van der Waals surface area contributed by atoms with Gasteiger partial charge in [0, 0.05) is 11.8 Å². The summed E-state index contributed by atoms with van der Waals surface area (Å²) >= 11 is 1.18. The van der Waals surface area contributed by atoms with Crippen LogP contribution < -0.4 is 5.56 Å². The third kappa shape index (κ3) is 3.84. The average Bonchev–Trinajstić information content (AvgIpc) is 3.37. The van der Waals surface area contributed by atoms with Crippen LogP contribution in [0.4, 0.5) is 0 Å². The van der Waals surface area contributed by atoms with Gasteiger partial charge in [0.15, 0.2) is 5.69 Å². The fourth-order valence-corrected chi connectivity index (χ4v) is 4.53. The van der Waals surface area contributed by atoms with E-state index < -0.39 is 0 Å². The molecule has 1 aliphatic heterocycles. The number of hydrogen-bond donors (Lipinski definition) is 0. The molecule has 0 amide bonds. The van der Waals surface area contributed by atoms with Crippen molar-refractivity contribution >= 4 is 28.5 Å². The third-order valence-electron chi connectivity index (χ3n) is 5.02. The summed E-state index contributed by atoms with van der Waals surface area (Å²) in [5.74, 6) is -0.0860. The van der Waals surface area contributed by atoms with E-state index in [2.05, 4.69) is 15.3 Å². The highest BCUT2D eigenvalue weighted by Crippen LogP contribution is 2.33. The Labute approximate surface area is 181 Å². The lowest BCUT2D eigenvalue weighted by Crippen LogP contribution is -2.24. The summed E-state index contributed by atoms with van der Waals surface area (Å²) < 4.78 is 12.4. The summed E-state index contributed by atoms with van der Waals surface area (Å²) in [5.41, 5.74) is 1.18. The fourth-order valence-electron chi connectivity index (χ4n) is 3.55. The minimum absolute atomic E-state index is 0.125. The number of benzene rings is 2. The zero-order valence-corrected chi connectivity index (χ0v) is 17.4. The van der Waals surface area contributed by atoms with Crippen LogP contribution in [0.2, 0.25) is 0 Å². The maximum atomic E-state index is 13.0. The highest BCUT2D eigenvalue weighted by molar-refractivity contribution is 8.00. The maximum Gasteiger partial charge on any atom is 0.320 e. The number of rotatable bonds is 5. The summed E-state index contributed by atoms with van der Waals surface area (Å²) in [6, 6.07) is 16.8. The molecule has 2 atom stereocenters. The van der Waals surface area contributed by atoms with E-state index in [-0.39, 0.29) is 34.0 Å². The predicted molar refractivity (Wildman–Crippen MR) is 115 cm³/mol. The second kappa shape index (κ2) is 7.99. The highest BCUT2D eigenvalue weighted by atomic mass is 32.2. The van der Waals surface area contributed by atoms with Crippen LogP contribution in [0.25, 0.3) is 22.4 Å². The maximum absolute atomic E-state index is 13.0. The Morgan fingerprint density at radius 3 is 2.52 bits per heavy atom. The van der Waals surface area contributed by atoms with Crippen LogP contribution in [0.15, 0.2) is 69.0 Å². The van der Waals surface area contributed by atoms with Gasteiger partial charge in [-0.25, -0.2) is 4.68 Å². The molecule has 0 aliphatic carbocycles. The molecular weight excluding hydrogens is 416 g/mol. The molecule has 0 spiro atoms. The van der Waals surface area contributed by atoms with Crippen molar-refractivity contribution in [3.63, 3.8) is 0 Å². The van der Waals surface area contributed by atoms with E-state index in [4.69, 9.17) is 9.15 Å². The Bertz CT molecular complexity index is 1320. The second-order valence-corrected chi connectivity index (χ2v) is 8.46. The summed E-state index contributed by atoms with van der Waals surface area (Å²) in [7, 11) is 0. The van der Waals surface area contributed by atoms with Crippen LogP contribution in [0.1, 0.15) is 18.9 Å². The number of aromatic nitrogens is 4. The van der Waals surface area contributed by atoms with Gasteiger partial charge in [0.1, 0.15) is 11.4 Å². The minimum atomic E-state index is -0.375. The molecule has 4 aromatic rings. The number of esters is 1. The van der Waals surface area contributed by atoms with Crippen molar-refractivity contribution in [3.8, 4) is 11.6 Å². The molecule has 156 valence electrons. The SMILES string of the molecule is C[C@H]1C[C@H](Sc2nnc(-c3nn(Cc4ccccc4)c(=O)c4ccccc34)o2)C(=O)O1. The van der Waals surface area contributed by atoms with Crippen molar-refractivity contribution in [3.05, 3.63) is 70.5 Å². The molecule has 1 aliphatic rings. The van der Waals surface area contributed by atoms with Crippen LogP contribution >= 0.6 is 11.8 Å². The van der Waals surface area contributed by atoms with E-state index in [0.29, 0.717) is 29.4 Å². The molecule has 3 heterocycles. The van der Waals surface area contributed by atoms with E-state index in [1.54, 1.807) is 12.1 Å². The first-order chi connectivity index (χ1) is 15.1. The lowest BCUT2D eigenvalue weighted by Gasteiger charge is -2.09. The molecule has 0 radical (unpaired) electrons. The van der Waals surface area contributed by atoms with Crippen molar-refractivity contribution in [2.24, 2.45) is 0 Å². The zero-order chi connectivity index (χ0) is 21.4. The molecule has 5 rings (SSSR count). The summed E-state index contributed by atoms with van der Waals surface area (Å²) in [6.45, 7) is 2.17. The molecule has 9 heteroatoms. The quantitative estimate of drug-likeness (QED) is 0.441. The number of ether oxygens (including phenoxy) is 1. The van der Waals surface area contributed by atoms with Gasteiger partial charge >= 0.3 is 5.97 Å². The van der Waals surface area contributed by atoms with Gasteiger partial charge in [0.05, 0.1) is 11.9 Å². The Morgan fingerprint density at radius 2 is 1.77 bits per heavy atom. The van der Waals surface area contributed by atoms with Crippen molar-refractivity contribution < 1.29 is 13.9 Å². The molecule has 2 aromatic carbocycles. The molecule has 2 aromatic heterocycles. The predicted octanol–water partition coefficient (Wildman–Crippen LogP) is 3.29. The summed E-state index contributed by atoms with van der Waals surface area (Å²) in [5, 5.41) is 13.8. The first-order valence-corrected chi connectivity index (χ1v) is 10.7. The highest BCUT2D eigenvalue weighted by Gasteiger charge is 2.34. The fraction of sp³-hybridized carbons (Fsp3) is 0.227. The van der Waals surface area contributed by atoms with E-state index in [9.17, 15) is 9.59 Å². The Kier molecular flexibility index (Phi) is 5.03. The monoisotopic (exact) mass is 434 g/mol. The van der Waals surface area contributed by atoms with Crippen LogP contribution in [-0.2, 0) is 16.1 Å². The minimum Gasteiger partial charge on any atom is -0.462 e. The van der Waals surface area contributed by atoms with Gasteiger partial charge < -0.3 is 9.15 Å². The molecule has 1 fully saturated rings. The Balaban J connectivity index is 1.54. The standard InChI is InChI=1S/C22H18N4O4S/c1-13-11-17(21(28)29-13)31-22-24-23-19(30-22)18-15-9-5-6-10-16(15)20(27)26(25-18)12-14-7-3-2-4-8-14/h2-10,13,17H,11-12H2,1H3/t13-,17-/m0/s1. The number of carbonyl (C=O) groups excluding carboxylic acids is 1. The number of carbonyl (C=O) groups is 1. The van der Waals surface area contributed by atoms with Gasteiger partial charge in [-0.1, -0.05) is 48.5 Å². The first kappa shape index (κ1) is 19.5. The van der Waals surface area contributed by atoms with Gasteiger partial charge in [-0.3, -0.25) is 9.59 Å². The van der Waals surface area contributed by atoms with Crippen molar-refractivity contribution in [2.45, 2.75) is 36.5 Å². The van der Waals surface area contributed by atoms with Gasteiger partial charge in [-0.2, -0.15) is 5.10 Å². The first-order valence-electron chi connectivity index (χ1n) is 9.83. The largest absolute Gasteiger partial charge is 0.462 e. The van der Waals surface area contributed by atoms with Crippen LogP contribution in [-0.4, -0.2) is 37.3 Å². The molecule has 0 N–H and O–H groups in total. The van der Waals surface area contributed by atoms with Gasteiger partial charge in [0.2, 0.25) is 0 Å². The topological polar surface area (TPSA) is 100 Å². The normalized spacial score (nSPS) is 18.4. The average molecular weight is 434 g/mol. The van der Waals surface area contributed by atoms with Crippen LogP contribution in [0, 0.1) is 0 Å². The number of cyclic esters (lactones) is 1. The smallest absolute Gasteiger partial charge is 0.320 e.